The second-order valence-electron chi connectivity index (χ2n) is 5.33. The van der Waals surface area contributed by atoms with Gasteiger partial charge < -0.3 is 16.2 Å². The van der Waals surface area contributed by atoms with Crippen LogP contribution in [-0.4, -0.2) is 30.2 Å². The lowest BCUT2D eigenvalue weighted by Gasteiger charge is -2.26. The Morgan fingerprint density at radius 1 is 1.39 bits per heavy atom. The average molecular weight is 250 g/mol. The molecule has 0 bridgehead atoms. The van der Waals surface area contributed by atoms with Crippen LogP contribution in [0.15, 0.2) is 24.3 Å². The van der Waals surface area contributed by atoms with Crippen molar-refractivity contribution in [2.24, 2.45) is 5.73 Å². The number of carbonyl (C=O) groups is 1. The molecule has 0 saturated heterocycles. The number of benzene rings is 1. The summed E-state index contributed by atoms with van der Waals surface area (Å²) in [7, 11) is 0. The molecule has 0 saturated carbocycles. The Hall–Kier alpha value is -1.39. The summed E-state index contributed by atoms with van der Waals surface area (Å²) in [5.74, 6) is -0.976. The Kier molecular flexibility index (Phi) is 4.87. The summed E-state index contributed by atoms with van der Waals surface area (Å²) in [6, 6.07) is 7.53. The van der Waals surface area contributed by atoms with Gasteiger partial charge in [-0.3, -0.25) is 4.79 Å². The largest absolute Gasteiger partial charge is 0.480 e. The van der Waals surface area contributed by atoms with Gasteiger partial charge in [-0.05, 0) is 12.5 Å². The van der Waals surface area contributed by atoms with Gasteiger partial charge in [0.2, 0.25) is 0 Å². The predicted molar refractivity (Wildman–Crippen MR) is 72.7 cm³/mol. The first-order chi connectivity index (χ1) is 8.33. The minimum absolute atomic E-state index is 0.0497. The van der Waals surface area contributed by atoms with E-state index in [4.69, 9.17) is 10.8 Å². The molecule has 4 heteroatoms. The van der Waals surface area contributed by atoms with Crippen molar-refractivity contribution in [2.75, 3.05) is 13.1 Å². The number of hydrogen-bond acceptors (Lipinski definition) is 3. The van der Waals surface area contributed by atoms with E-state index in [2.05, 4.69) is 50.4 Å². The molecule has 0 spiro atoms. The molecule has 1 aromatic carbocycles. The van der Waals surface area contributed by atoms with Crippen LogP contribution in [0.25, 0.3) is 0 Å². The molecule has 0 aliphatic carbocycles. The van der Waals surface area contributed by atoms with E-state index in [1.807, 2.05) is 0 Å². The summed E-state index contributed by atoms with van der Waals surface area (Å²) in [5, 5.41) is 11.8. The highest BCUT2D eigenvalue weighted by Crippen LogP contribution is 2.22. The highest BCUT2D eigenvalue weighted by atomic mass is 16.4. The van der Waals surface area contributed by atoms with Gasteiger partial charge in [0.25, 0.3) is 0 Å². The predicted octanol–water partition coefficient (Wildman–Crippen LogP) is 1.27. The van der Waals surface area contributed by atoms with Gasteiger partial charge >= 0.3 is 5.97 Å². The van der Waals surface area contributed by atoms with E-state index in [-0.39, 0.29) is 12.0 Å². The van der Waals surface area contributed by atoms with Crippen LogP contribution in [0.1, 0.15) is 25.0 Å². The van der Waals surface area contributed by atoms with Crippen LogP contribution in [0.3, 0.4) is 0 Å². The second-order valence-corrected chi connectivity index (χ2v) is 5.33. The first-order valence-electron chi connectivity index (χ1n) is 6.09. The van der Waals surface area contributed by atoms with Crippen molar-refractivity contribution in [3.63, 3.8) is 0 Å². The fourth-order valence-corrected chi connectivity index (χ4v) is 1.73. The smallest absolute Gasteiger partial charge is 0.321 e. The summed E-state index contributed by atoms with van der Waals surface area (Å²) < 4.78 is 0. The van der Waals surface area contributed by atoms with Gasteiger partial charge in [-0.25, -0.2) is 0 Å². The minimum Gasteiger partial charge on any atom is -0.480 e. The summed E-state index contributed by atoms with van der Waals surface area (Å²) in [6.07, 6.45) is 0. The molecule has 100 valence electrons. The number of carboxylic acid groups (broad SMARTS) is 1. The van der Waals surface area contributed by atoms with E-state index in [1.54, 1.807) is 0 Å². The Balaban J connectivity index is 2.54. The van der Waals surface area contributed by atoms with Crippen molar-refractivity contribution in [2.45, 2.75) is 32.2 Å². The number of rotatable bonds is 6. The van der Waals surface area contributed by atoms with E-state index in [0.29, 0.717) is 6.54 Å². The molecule has 0 fully saturated rings. The van der Waals surface area contributed by atoms with Gasteiger partial charge in [-0.2, -0.15) is 0 Å². The molecule has 0 aliphatic rings. The van der Waals surface area contributed by atoms with Gasteiger partial charge in [0.1, 0.15) is 6.04 Å². The molecule has 0 radical (unpaired) electrons. The van der Waals surface area contributed by atoms with Crippen molar-refractivity contribution < 1.29 is 9.90 Å². The molecular formula is C14H22N2O2. The maximum Gasteiger partial charge on any atom is 0.321 e. The highest BCUT2D eigenvalue weighted by molar-refractivity contribution is 5.73. The van der Waals surface area contributed by atoms with E-state index in [9.17, 15) is 4.79 Å². The Morgan fingerprint density at radius 2 is 1.94 bits per heavy atom. The van der Waals surface area contributed by atoms with Gasteiger partial charge in [0, 0.05) is 18.5 Å². The van der Waals surface area contributed by atoms with Crippen molar-refractivity contribution >= 4 is 5.97 Å². The number of carboxylic acids is 1. The number of nitrogens with two attached hydrogens (primary N) is 1. The van der Waals surface area contributed by atoms with E-state index >= 15 is 0 Å². The zero-order valence-corrected chi connectivity index (χ0v) is 11.2. The molecule has 1 atom stereocenters. The normalized spacial score (nSPS) is 13.3. The van der Waals surface area contributed by atoms with E-state index in [1.165, 1.54) is 11.1 Å². The minimum atomic E-state index is -0.976. The van der Waals surface area contributed by atoms with Crippen LogP contribution in [0.4, 0.5) is 0 Å². The Morgan fingerprint density at radius 3 is 2.44 bits per heavy atom. The number of aliphatic carboxylic acids is 1. The Bertz CT molecular complexity index is 399. The lowest BCUT2D eigenvalue weighted by molar-refractivity contribution is -0.138. The number of hydrogen-bond donors (Lipinski definition) is 3. The van der Waals surface area contributed by atoms with E-state index < -0.39 is 12.0 Å². The first-order valence-corrected chi connectivity index (χ1v) is 6.09. The van der Waals surface area contributed by atoms with Crippen LogP contribution >= 0.6 is 0 Å². The van der Waals surface area contributed by atoms with Crippen molar-refractivity contribution in [1.82, 2.24) is 5.32 Å². The molecule has 0 aromatic heterocycles. The first kappa shape index (κ1) is 14.7. The molecular weight excluding hydrogens is 228 g/mol. The van der Waals surface area contributed by atoms with Gasteiger partial charge in [0.05, 0.1) is 0 Å². The molecule has 0 amide bonds. The maximum absolute atomic E-state index is 10.6. The molecule has 1 rings (SSSR count). The zero-order chi connectivity index (χ0) is 13.8. The van der Waals surface area contributed by atoms with Crippen LogP contribution < -0.4 is 11.1 Å². The second kappa shape index (κ2) is 5.98. The fourth-order valence-electron chi connectivity index (χ4n) is 1.73. The Labute approximate surface area is 108 Å². The third-order valence-corrected chi connectivity index (χ3v) is 3.08. The van der Waals surface area contributed by atoms with Crippen LogP contribution in [0.5, 0.6) is 0 Å². The van der Waals surface area contributed by atoms with Gasteiger partial charge in [-0.15, -0.1) is 0 Å². The molecule has 18 heavy (non-hydrogen) atoms. The highest BCUT2D eigenvalue weighted by Gasteiger charge is 2.21. The molecule has 4 nitrogen and oxygen atoms in total. The molecule has 1 unspecified atom stereocenters. The average Bonchev–Trinajstić information content (AvgIpc) is 2.29. The molecule has 1 aromatic rings. The fraction of sp³-hybridized carbons (Fsp3) is 0.500. The molecule has 0 aliphatic heterocycles. The number of nitrogens with one attached hydrogen (secondary N) is 1. The van der Waals surface area contributed by atoms with Gasteiger partial charge in [-0.1, -0.05) is 43.7 Å². The lowest BCUT2D eigenvalue weighted by Crippen LogP contribution is -2.44. The van der Waals surface area contributed by atoms with Crippen LogP contribution in [0, 0.1) is 6.92 Å². The summed E-state index contributed by atoms with van der Waals surface area (Å²) in [5.41, 5.74) is 7.85. The summed E-state index contributed by atoms with van der Waals surface area (Å²) in [6.45, 7) is 7.27. The van der Waals surface area contributed by atoms with Crippen LogP contribution in [0.2, 0.25) is 0 Å². The maximum atomic E-state index is 10.6. The quantitative estimate of drug-likeness (QED) is 0.711. The SMILES string of the molecule is Cc1ccc(C(C)(C)CNCC(N)C(=O)O)cc1. The van der Waals surface area contributed by atoms with Crippen molar-refractivity contribution in [3.05, 3.63) is 35.4 Å². The molecule has 4 N–H and O–H groups in total. The summed E-state index contributed by atoms with van der Waals surface area (Å²) in [4.78, 5) is 10.6. The topological polar surface area (TPSA) is 75.3 Å². The van der Waals surface area contributed by atoms with Gasteiger partial charge in [0.15, 0.2) is 0 Å². The van der Waals surface area contributed by atoms with Crippen LogP contribution in [-0.2, 0) is 10.2 Å². The van der Waals surface area contributed by atoms with Crippen molar-refractivity contribution in [1.29, 1.82) is 0 Å². The van der Waals surface area contributed by atoms with E-state index in [0.717, 1.165) is 0 Å². The standard InChI is InChI=1S/C14H22N2O2/c1-10-4-6-11(7-5-10)14(2,3)9-16-8-12(15)13(17)18/h4-7,12,16H,8-9,15H2,1-3H3,(H,17,18). The third kappa shape index (κ3) is 4.13. The zero-order valence-electron chi connectivity index (χ0n) is 11.2. The monoisotopic (exact) mass is 250 g/mol. The van der Waals surface area contributed by atoms with Crippen molar-refractivity contribution in [3.8, 4) is 0 Å². The third-order valence-electron chi connectivity index (χ3n) is 3.08. The summed E-state index contributed by atoms with van der Waals surface area (Å²) >= 11 is 0. The molecule has 0 heterocycles. The lowest BCUT2D eigenvalue weighted by atomic mass is 9.84. The number of aryl methyl sites for hydroxylation is 1.